The Morgan fingerprint density at radius 3 is 2.04 bits per heavy atom. The number of carbonyl (C=O) groups excluding carboxylic acids is 2. The minimum absolute atomic E-state index is 0.102. The van der Waals surface area contributed by atoms with E-state index in [4.69, 9.17) is 13.9 Å². The molecule has 0 spiro atoms. The highest BCUT2D eigenvalue weighted by Gasteiger charge is 2.41. The zero-order valence-corrected chi connectivity index (χ0v) is 16.5. The van der Waals surface area contributed by atoms with E-state index >= 15 is 0 Å². The normalized spacial score (nSPS) is 11.9. The third kappa shape index (κ3) is 5.45. The summed E-state index contributed by atoms with van der Waals surface area (Å²) in [6.07, 6.45) is 0. The van der Waals surface area contributed by atoms with E-state index in [1.54, 1.807) is 24.3 Å². The van der Waals surface area contributed by atoms with Gasteiger partial charge in [0.2, 0.25) is 0 Å². The summed E-state index contributed by atoms with van der Waals surface area (Å²) in [6, 6.07) is 6.57. The van der Waals surface area contributed by atoms with Crippen molar-refractivity contribution in [3.63, 3.8) is 0 Å². The summed E-state index contributed by atoms with van der Waals surface area (Å²) in [5, 5.41) is -0.102. The second-order valence-electron chi connectivity index (χ2n) is 7.03. The van der Waals surface area contributed by atoms with Crippen LogP contribution >= 0.6 is 0 Å². The number of rotatable bonds is 7. The number of esters is 1. The van der Waals surface area contributed by atoms with Crippen molar-refractivity contribution in [3.8, 4) is 0 Å². The van der Waals surface area contributed by atoms with Crippen molar-refractivity contribution in [3.05, 3.63) is 35.4 Å². The first kappa shape index (κ1) is 20.4. The quantitative estimate of drug-likeness (QED) is 0.421. The molecule has 5 nitrogen and oxygen atoms in total. The van der Waals surface area contributed by atoms with Crippen LogP contribution in [-0.4, -0.2) is 40.1 Å². The zero-order chi connectivity index (χ0) is 18.4. The van der Waals surface area contributed by atoms with E-state index in [0.717, 1.165) is 0 Å². The highest BCUT2D eigenvalue weighted by molar-refractivity contribution is 6.75. The van der Waals surface area contributed by atoms with Crippen LogP contribution in [0.1, 0.15) is 48.4 Å². The van der Waals surface area contributed by atoms with E-state index in [2.05, 4.69) is 20.8 Å². The summed E-state index contributed by atoms with van der Waals surface area (Å²) in [6.45, 7) is 13.1. The van der Waals surface area contributed by atoms with E-state index in [9.17, 15) is 9.59 Å². The molecular formula is C18H28O5Si. The molecule has 0 N–H and O–H groups in total. The fourth-order valence-electron chi connectivity index (χ4n) is 1.69. The van der Waals surface area contributed by atoms with Crippen LogP contribution < -0.4 is 0 Å². The Kier molecular flexibility index (Phi) is 7.17. The summed E-state index contributed by atoms with van der Waals surface area (Å²) in [5.41, 5.74) is 0.460. The molecule has 1 rings (SSSR count). The van der Waals surface area contributed by atoms with Gasteiger partial charge in [0, 0.05) is 6.61 Å². The highest BCUT2D eigenvalue weighted by Crippen LogP contribution is 2.37. The second-order valence-corrected chi connectivity index (χ2v) is 11.8. The molecule has 0 aliphatic rings. The van der Waals surface area contributed by atoms with Gasteiger partial charge in [0.15, 0.2) is 0 Å². The van der Waals surface area contributed by atoms with E-state index in [1.165, 1.54) is 0 Å². The van der Waals surface area contributed by atoms with Crippen molar-refractivity contribution in [1.29, 1.82) is 0 Å². The van der Waals surface area contributed by atoms with Crippen LogP contribution in [0.4, 0.5) is 0 Å². The Bertz CT molecular complexity index is 575. The number of benzene rings is 1. The number of ether oxygens (including phenoxy) is 2. The first-order valence-corrected chi connectivity index (χ1v) is 11.1. The summed E-state index contributed by atoms with van der Waals surface area (Å²) in [5.74, 6) is -1.02. The predicted molar refractivity (Wildman–Crippen MR) is 95.8 cm³/mol. The van der Waals surface area contributed by atoms with Crippen molar-refractivity contribution in [2.75, 3.05) is 19.8 Å². The Labute approximate surface area is 145 Å². The van der Waals surface area contributed by atoms with Crippen molar-refractivity contribution >= 4 is 20.3 Å². The maximum atomic E-state index is 12.6. The van der Waals surface area contributed by atoms with Crippen molar-refractivity contribution in [2.45, 2.75) is 45.8 Å². The van der Waals surface area contributed by atoms with Gasteiger partial charge < -0.3 is 13.9 Å². The van der Waals surface area contributed by atoms with E-state index in [1.807, 2.05) is 20.0 Å². The lowest BCUT2D eigenvalue weighted by molar-refractivity contribution is 0.0331. The monoisotopic (exact) mass is 352 g/mol. The molecule has 0 radical (unpaired) electrons. The molecule has 1 aromatic rings. The highest BCUT2D eigenvalue weighted by atomic mass is 28.4. The van der Waals surface area contributed by atoms with E-state index < -0.39 is 20.3 Å². The van der Waals surface area contributed by atoms with E-state index in [0.29, 0.717) is 13.2 Å². The molecule has 24 heavy (non-hydrogen) atoms. The van der Waals surface area contributed by atoms with Crippen molar-refractivity contribution in [1.82, 2.24) is 0 Å². The summed E-state index contributed by atoms with van der Waals surface area (Å²) >= 11 is 0. The molecule has 0 atom stereocenters. The van der Waals surface area contributed by atoms with E-state index in [-0.39, 0.29) is 22.8 Å². The average molecular weight is 353 g/mol. The molecule has 0 aromatic heterocycles. The number of carbonyl (C=O) groups is 2. The van der Waals surface area contributed by atoms with Gasteiger partial charge in [-0.05, 0) is 37.2 Å². The molecule has 1 aromatic carbocycles. The molecule has 0 bridgehead atoms. The van der Waals surface area contributed by atoms with Crippen LogP contribution in [0, 0.1) is 0 Å². The van der Waals surface area contributed by atoms with Gasteiger partial charge in [0.25, 0.3) is 8.32 Å². The van der Waals surface area contributed by atoms with Crippen LogP contribution in [0.25, 0.3) is 0 Å². The van der Waals surface area contributed by atoms with Crippen LogP contribution in [0.5, 0.6) is 0 Å². The molecule has 0 saturated carbocycles. The molecule has 134 valence electrons. The first-order chi connectivity index (χ1) is 11.1. The fraction of sp³-hybridized carbons (Fsp3) is 0.556. The largest absolute Gasteiger partial charge is 0.516 e. The summed E-state index contributed by atoms with van der Waals surface area (Å²) in [7, 11) is -2.27. The van der Waals surface area contributed by atoms with Gasteiger partial charge in [-0.15, -0.1) is 0 Å². The van der Waals surface area contributed by atoms with Crippen LogP contribution in [0.2, 0.25) is 18.1 Å². The molecule has 0 aliphatic carbocycles. The van der Waals surface area contributed by atoms with Gasteiger partial charge >= 0.3 is 11.9 Å². The second kappa shape index (κ2) is 8.44. The molecule has 0 heterocycles. The SMILES string of the molecule is CCOCCOC(=O)c1ccccc1C(=O)O[Si](C)(C)C(C)(C)C. The fourth-order valence-corrected chi connectivity index (χ4v) is 2.57. The molecule has 0 saturated heterocycles. The minimum Gasteiger partial charge on any atom is -0.516 e. The Hall–Kier alpha value is -1.66. The maximum absolute atomic E-state index is 12.6. The van der Waals surface area contributed by atoms with Gasteiger partial charge in [0.05, 0.1) is 17.7 Å². The summed E-state index contributed by atoms with van der Waals surface area (Å²) < 4.78 is 16.1. The smallest absolute Gasteiger partial charge is 0.339 e. The third-order valence-electron chi connectivity index (χ3n) is 4.19. The lowest BCUT2D eigenvalue weighted by Gasteiger charge is -2.35. The molecule has 0 fully saturated rings. The lowest BCUT2D eigenvalue weighted by atomic mass is 10.1. The number of hydrogen-bond donors (Lipinski definition) is 0. The van der Waals surface area contributed by atoms with Gasteiger partial charge in [-0.3, -0.25) is 0 Å². The van der Waals surface area contributed by atoms with Crippen molar-refractivity contribution in [2.24, 2.45) is 0 Å². The van der Waals surface area contributed by atoms with Crippen molar-refractivity contribution < 1.29 is 23.5 Å². The van der Waals surface area contributed by atoms with Crippen LogP contribution in [0.3, 0.4) is 0 Å². The van der Waals surface area contributed by atoms with Gasteiger partial charge in [-0.25, -0.2) is 9.59 Å². The Morgan fingerprint density at radius 2 is 1.54 bits per heavy atom. The summed E-state index contributed by atoms with van der Waals surface area (Å²) in [4.78, 5) is 24.8. The number of hydrogen-bond acceptors (Lipinski definition) is 5. The maximum Gasteiger partial charge on any atom is 0.339 e. The van der Waals surface area contributed by atoms with Gasteiger partial charge in [0.1, 0.15) is 6.61 Å². The minimum atomic E-state index is -2.27. The predicted octanol–water partition coefficient (Wildman–Crippen LogP) is 4.04. The molecule has 0 aliphatic heterocycles. The Morgan fingerprint density at radius 1 is 1.00 bits per heavy atom. The average Bonchev–Trinajstić information content (AvgIpc) is 2.49. The Balaban J connectivity index is 2.89. The van der Waals surface area contributed by atoms with Crippen LogP contribution in [-0.2, 0) is 13.9 Å². The molecule has 0 amide bonds. The van der Waals surface area contributed by atoms with Crippen LogP contribution in [0.15, 0.2) is 24.3 Å². The molecule has 6 heteroatoms. The molecular weight excluding hydrogens is 324 g/mol. The lowest BCUT2D eigenvalue weighted by Crippen LogP contribution is -2.42. The molecule has 0 unspecified atom stereocenters. The topological polar surface area (TPSA) is 61.8 Å². The standard InChI is InChI=1S/C18H28O5Si/c1-7-21-12-13-22-16(19)14-10-8-9-11-15(14)17(20)23-24(5,6)18(2,3)4/h8-11H,7,12-13H2,1-6H3. The van der Waals surface area contributed by atoms with Gasteiger partial charge in [-0.1, -0.05) is 32.9 Å². The van der Waals surface area contributed by atoms with Gasteiger partial charge in [-0.2, -0.15) is 0 Å². The zero-order valence-electron chi connectivity index (χ0n) is 15.5. The first-order valence-electron chi connectivity index (χ1n) is 8.17. The third-order valence-corrected chi connectivity index (χ3v) is 8.49.